The smallest absolute Gasteiger partial charge is 0.0412 e. The molecular formula is C26H33OP. The Labute approximate surface area is 172 Å². The van der Waals surface area contributed by atoms with Gasteiger partial charge in [0.15, 0.2) is 0 Å². The largest absolute Gasteiger partial charge is 0.412 e. The van der Waals surface area contributed by atoms with Crippen molar-refractivity contribution in [1.29, 1.82) is 0 Å². The van der Waals surface area contributed by atoms with Gasteiger partial charge in [-0.25, -0.2) is 0 Å². The summed E-state index contributed by atoms with van der Waals surface area (Å²) < 4.78 is 0. The predicted octanol–water partition coefficient (Wildman–Crippen LogP) is 6.73. The second-order valence-corrected chi connectivity index (χ2v) is 8.32. The predicted molar refractivity (Wildman–Crippen MR) is 125 cm³/mol. The van der Waals surface area contributed by atoms with E-state index in [-0.39, 0.29) is 10.6 Å². The van der Waals surface area contributed by atoms with Crippen molar-refractivity contribution >= 4 is 9.24 Å². The third-order valence-corrected chi connectivity index (χ3v) is 6.67. The topological polar surface area (TPSA) is 31.5 Å². The fourth-order valence-electron chi connectivity index (χ4n) is 4.11. The molecule has 2 N–H and O–H groups in total. The number of benzene rings is 3. The van der Waals surface area contributed by atoms with Crippen molar-refractivity contribution in [3.05, 3.63) is 108 Å². The van der Waals surface area contributed by atoms with Crippen molar-refractivity contribution in [3.8, 4) is 0 Å². The lowest BCUT2D eigenvalue weighted by atomic mass is 9.74. The SMILES string of the molecule is CCCCCCC(c1ccccc1)C(P)(c1ccccc1)c1ccccc1.O. The Kier molecular flexibility index (Phi) is 8.90. The molecule has 3 aromatic carbocycles. The van der Waals surface area contributed by atoms with E-state index in [9.17, 15) is 0 Å². The van der Waals surface area contributed by atoms with Crippen LogP contribution in [0, 0.1) is 0 Å². The molecule has 2 unspecified atom stereocenters. The maximum Gasteiger partial charge on any atom is 0.0412 e. The average Bonchev–Trinajstić information content (AvgIpc) is 2.75. The van der Waals surface area contributed by atoms with Crippen molar-refractivity contribution in [3.63, 3.8) is 0 Å². The average molecular weight is 393 g/mol. The summed E-state index contributed by atoms with van der Waals surface area (Å²) in [4.78, 5) is 0. The monoisotopic (exact) mass is 392 g/mol. The molecule has 0 saturated carbocycles. The third-order valence-electron chi connectivity index (χ3n) is 5.60. The second kappa shape index (κ2) is 11.1. The number of hydrogen-bond acceptors (Lipinski definition) is 0. The highest BCUT2D eigenvalue weighted by atomic mass is 31.0. The van der Waals surface area contributed by atoms with Crippen LogP contribution in [0.5, 0.6) is 0 Å². The van der Waals surface area contributed by atoms with Crippen LogP contribution in [0.3, 0.4) is 0 Å². The van der Waals surface area contributed by atoms with E-state index in [0.29, 0.717) is 5.92 Å². The fourth-order valence-corrected chi connectivity index (χ4v) is 4.86. The molecule has 0 aliphatic carbocycles. The molecule has 0 aliphatic heterocycles. The van der Waals surface area contributed by atoms with Gasteiger partial charge in [-0.05, 0) is 23.1 Å². The Hall–Kier alpha value is -1.95. The molecule has 148 valence electrons. The maximum absolute atomic E-state index is 3.25. The van der Waals surface area contributed by atoms with Gasteiger partial charge in [0.1, 0.15) is 0 Å². The Morgan fingerprint density at radius 1 is 0.679 bits per heavy atom. The standard InChI is InChI=1S/C26H31P.H2O/c1-2-3-4-14-21-25(22-15-8-5-9-16-22)26(27,23-17-10-6-11-18-23)24-19-12-7-13-20-24;/h5-13,15-20,25H,2-4,14,21,27H2,1H3;1H2. The van der Waals surface area contributed by atoms with E-state index < -0.39 is 0 Å². The summed E-state index contributed by atoms with van der Waals surface area (Å²) in [6.07, 6.45) is 6.37. The van der Waals surface area contributed by atoms with Gasteiger partial charge >= 0.3 is 0 Å². The van der Waals surface area contributed by atoms with Gasteiger partial charge in [-0.2, -0.15) is 0 Å². The summed E-state index contributed by atoms with van der Waals surface area (Å²) in [7, 11) is 3.25. The maximum atomic E-state index is 3.25. The summed E-state index contributed by atoms with van der Waals surface area (Å²) in [5.41, 5.74) is 4.16. The van der Waals surface area contributed by atoms with Crippen molar-refractivity contribution in [2.75, 3.05) is 0 Å². The zero-order valence-corrected chi connectivity index (χ0v) is 18.0. The molecule has 0 aliphatic rings. The molecule has 0 aromatic heterocycles. The van der Waals surface area contributed by atoms with E-state index in [0.717, 1.165) is 0 Å². The molecule has 0 bridgehead atoms. The van der Waals surface area contributed by atoms with Crippen LogP contribution in [0.4, 0.5) is 0 Å². The van der Waals surface area contributed by atoms with Crippen LogP contribution < -0.4 is 0 Å². The minimum atomic E-state index is -0.129. The minimum Gasteiger partial charge on any atom is -0.412 e. The van der Waals surface area contributed by atoms with Gasteiger partial charge in [0.05, 0.1) is 0 Å². The first-order chi connectivity index (χ1) is 13.3. The van der Waals surface area contributed by atoms with Gasteiger partial charge < -0.3 is 5.48 Å². The fraction of sp³-hybridized carbons (Fsp3) is 0.308. The lowest BCUT2D eigenvalue weighted by Gasteiger charge is -2.39. The molecule has 1 nitrogen and oxygen atoms in total. The van der Waals surface area contributed by atoms with Crippen LogP contribution >= 0.6 is 9.24 Å². The molecule has 2 atom stereocenters. The van der Waals surface area contributed by atoms with Crippen LogP contribution in [0.15, 0.2) is 91.0 Å². The summed E-state index contributed by atoms with van der Waals surface area (Å²) in [6.45, 7) is 2.28. The van der Waals surface area contributed by atoms with Gasteiger partial charge in [-0.3, -0.25) is 0 Å². The second-order valence-electron chi connectivity index (χ2n) is 7.41. The van der Waals surface area contributed by atoms with Gasteiger partial charge in [0.25, 0.3) is 0 Å². The molecule has 0 heterocycles. The quantitative estimate of drug-likeness (QED) is 0.285. The number of hydrogen-bond donors (Lipinski definition) is 0. The molecule has 3 rings (SSSR count). The zero-order chi connectivity index (χ0) is 19.0. The van der Waals surface area contributed by atoms with Gasteiger partial charge in [0.2, 0.25) is 0 Å². The molecule has 0 fully saturated rings. The highest BCUT2D eigenvalue weighted by Gasteiger charge is 2.38. The highest BCUT2D eigenvalue weighted by molar-refractivity contribution is 7.19. The van der Waals surface area contributed by atoms with E-state index >= 15 is 0 Å². The Bertz CT molecular complexity index is 747. The van der Waals surface area contributed by atoms with Crippen LogP contribution in [0.25, 0.3) is 0 Å². The Balaban J connectivity index is 0.00000280. The van der Waals surface area contributed by atoms with E-state index in [2.05, 4.69) is 107 Å². The number of unbranched alkanes of at least 4 members (excludes halogenated alkanes) is 3. The van der Waals surface area contributed by atoms with Crippen LogP contribution in [-0.4, -0.2) is 5.48 Å². The Morgan fingerprint density at radius 2 is 1.14 bits per heavy atom. The summed E-state index contributed by atoms with van der Waals surface area (Å²) in [5.74, 6) is 0.422. The van der Waals surface area contributed by atoms with E-state index in [1.807, 2.05) is 0 Å². The molecule has 28 heavy (non-hydrogen) atoms. The first-order valence-corrected chi connectivity index (χ1v) is 10.8. The molecule has 0 amide bonds. The van der Waals surface area contributed by atoms with Crippen LogP contribution in [0.2, 0.25) is 0 Å². The van der Waals surface area contributed by atoms with Crippen LogP contribution in [0.1, 0.15) is 61.6 Å². The van der Waals surface area contributed by atoms with Crippen LogP contribution in [-0.2, 0) is 5.16 Å². The van der Waals surface area contributed by atoms with Crippen molar-refractivity contribution in [2.24, 2.45) is 0 Å². The third kappa shape index (κ3) is 5.10. The summed E-state index contributed by atoms with van der Waals surface area (Å²) in [6, 6.07) is 33.1. The minimum absolute atomic E-state index is 0. The summed E-state index contributed by atoms with van der Waals surface area (Å²) in [5, 5.41) is -0.129. The highest BCUT2D eigenvalue weighted by Crippen LogP contribution is 2.51. The van der Waals surface area contributed by atoms with Crippen molar-refractivity contribution in [2.45, 2.75) is 50.1 Å². The molecular weight excluding hydrogens is 359 g/mol. The first-order valence-electron chi connectivity index (χ1n) is 10.2. The van der Waals surface area contributed by atoms with Gasteiger partial charge in [-0.1, -0.05) is 124 Å². The Morgan fingerprint density at radius 3 is 1.61 bits per heavy atom. The van der Waals surface area contributed by atoms with E-state index in [1.165, 1.54) is 48.8 Å². The van der Waals surface area contributed by atoms with E-state index in [4.69, 9.17) is 0 Å². The van der Waals surface area contributed by atoms with Crippen molar-refractivity contribution < 1.29 is 5.48 Å². The molecule has 2 heteroatoms. The lowest BCUT2D eigenvalue weighted by Crippen LogP contribution is -2.29. The van der Waals surface area contributed by atoms with Gasteiger partial charge in [0, 0.05) is 11.1 Å². The summed E-state index contributed by atoms with van der Waals surface area (Å²) >= 11 is 0. The molecule has 0 spiro atoms. The van der Waals surface area contributed by atoms with E-state index in [1.54, 1.807) is 0 Å². The zero-order valence-electron chi connectivity index (χ0n) is 16.9. The van der Waals surface area contributed by atoms with Crippen molar-refractivity contribution in [1.82, 2.24) is 0 Å². The normalized spacial score (nSPS) is 12.2. The molecule has 0 radical (unpaired) electrons. The van der Waals surface area contributed by atoms with Gasteiger partial charge in [-0.15, -0.1) is 9.24 Å². The molecule has 3 aromatic rings. The molecule has 0 saturated heterocycles. The first kappa shape index (κ1) is 22.3. The lowest BCUT2D eigenvalue weighted by molar-refractivity contribution is 0.485. The number of rotatable bonds is 9.